The first kappa shape index (κ1) is 19.1. The third-order valence-electron chi connectivity index (χ3n) is 5.15. The van der Waals surface area contributed by atoms with Gasteiger partial charge in [-0.15, -0.1) is 10.2 Å². The Bertz CT molecular complexity index is 933. The SMILES string of the molecule is CN1CCN(c2ccc(-c3ccc(NC(=O)Cc4ccccc4)cc3)nn2)CC1. The van der Waals surface area contributed by atoms with Crippen LogP contribution in [-0.2, 0) is 11.2 Å². The van der Waals surface area contributed by atoms with E-state index in [4.69, 9.17) is 0 Å². The van der Waals surface area contributed by atoms with Crippen molar-refractivity contribution < 1.29 is 4.79 Å². The number of aromatic nitrogens is 2. The Morgan fingerprint density at radius 2 is 1.62 bits per heavy atom. The monoisotopic (exact) mass is 387 g/mol. The van der Waals surface area contributed by atoms with Gasteiger partial charge in [0.15, 0.2) is 5.82 Å². The van der Waals surface area contributed by atoms with Crippen molar-refractivity contribution in [1.82, 2.24) is 15.1 Å². The van der Waals surface area contributed by atoms with E-state index in [0.717, 1.165) is 54.5 Å². The second-order valence-corrected chi connectivity index (χ2v) is 7.35. The molecule has 0 radical (unpaired) electrons. The highest BCUT2D eigenvalue weighted by Crippen LogP contribution is 2.21. The van der Waals surface area contributed by atoms with E-state index in [9.17, 15) is 4.79 Å². The van der Waals surface area contributed by atoms with Crippen molar-refractivity contribution in [2.75, 3.05) is 43.4 Å². The number of rotatable bonds is 5. The average molecular weight is 387 g/mol. The molecule has 148 valence electrons. The zero-order valence-corrected chi connectivity index (χ0v) is 16.6. The fourth-order valence-electron chi connectivity index (χ4n) is 3.39. The van der Waals surface area contributed by atoms with Gasteiger partial charge in [0.05, 0.1) is 12.1 Å². The van der Waals surface area contributed by atoms with E-state index in [1.54, 1.807) is 0 Å². The molecule has 2 aromatic carbocycles. The summed E-state index contributed by atoms with van der Waals surface area (Å²) < 4.78 is 0. The summed E-state index contributed by atoms with van der Waals surface area (Å²) in [7, 11) is 2.14. The van der Waals surface area contributed by atoms with E-state index in [2.05, 4.69) is 32.4 Å². The Morgan fingerprint density at radius 3 is 2.28 bits per heavy atom. The van der Waals surface area contributed by atoms with Gasteiger partial charge >= 0.3 is 0 Å². The first-order valence-corrected chi connectivity index (χ1v) is 9.89. The first-order chi connectivity index (χ1) is 14.2. The number of amides is 1. The summed E-state index contributed by atoms with van der Waals surface area (Å²) in [6, 6.07) is 21.5. The molecule has 6 nitrogen and oxygen atoms in total. The molecule has 0 spiro atoms. The number of hydrogen-bond donors (Lipinski definition) is 1. The van der Waals surface area contributed by atoms with Crippen LogP contribution < -0.4 is 10.2 Å². The summed E-state index contributed by atoms with van der Waals surface area (Å²) in [6.07, 6.45) is 0.363. The van der Waals surface area contributed by atoms with Crippen LogP contribution in [0.15, 0.2) is 66.7 Å². The first-order valence-electron chi connectivity index (χ1n) is 9.89. The van der Waals surface area contributed by atoms with E-state index in [1.807, 2.05) is 66.7 Å². The molecule has 1 amide bonds. The normalized spacial score (nSPS) is 14.6. The van der Waals surface area contributed by atoms with Crippen molar-refractivity contribution in [1.29, 1.82) is 0 Å². The molecule has 1 aliphatic rings. The quantitative estimate of drug-likeness (QED) is 0.729. The fourth-order valence-corrected chi connectivity index (χ4v) is 3.39. The summed E-state index contributed by atoms with van der Waals surface area (Å²) in [6.45, 7) is 4.03. The molecular formula is C23H25N5O. The highest BCUT2D eigenvalue weighted by Gasteiger charge is 2.15. The van der Waals surface area contributed by atoms with E-state index in [1.165, 1.54) is 0 Å². The molecule has 4 rings (SSSR count). The van der Waals surface area contributed by atoms with Crippen LogP contribution in [0.4, 0.5) is 11.5 Å². The summed E-state index contributed by atoms with van der Waals surface area (Å²) in [5.74, 6) is 0.895. The van der Waals surface area contributed by atoms with Crippen LogP contribution in [-0.4, -0.2) is 54.2 Å². The van der Waals surface area contributed by atoms with Crippen LogP contribution >= 0.6 is 0 Å². The van der Waals surface area contributed by atoms with E-state index >= 15 is 0 Å². The van der Waals surface area contributed by atoms with Gasteiger partial charge in [-0.1, -0.05) is 42.5 Å². The molecule has 0 saturated carbocycles. The Hall–Kier alpha value is -3.25. The lowest BCUT2D eigenvalue weighted by molar-refractivity contribution is -0.115. The van der Waals surface area contributed by atoms with Gasteiger partial charge in [0.2, 0.25) is 5.91 Å². The van der Waals surface area contributed by atoms with Crippen molar-refractivity contribution in [2.24, 2.45) is 0 Å². The fraction of sp³-hybridized carbons (Fsp3) is 0.261. The Kier molecular flexibility index (Phi) is 5.81. The van der Waals surface area contributed by atoms with Crippen molar-refractivity contribution in [3.63, 3.8) is 0 Å². The van der Waals surface area contributed by atoms with Gasteiger partial charge in [-0.25, -0.2) is 0 Å². The van der Waals surface area contributed by atoms with Gasteiger partial charge < -0.3 is 15.1 Å². The molecule has 6 heteroatoms. The topological polar surface area (TPSA) is 61.4 Å². The van der Waals surface area contributed by atoms with Crippen molar-refractivity contribution in [3.05, 3.63) is 72.3 Å². The number of anilines is 2. The summed E-state index contributed by atoms with van der Waals surface area (Å²) in [4.78, 5) is 16.8. The standard InChI is InChI=1S/C23H25N5O/c1-27-13-15-28(16-14-27)22-12-11-21(25-26-22)19-7-9-20(10-8-19)24-23(29)17-18-5-3-2-4-6-18/h2-12H,13-17H2,1H3,(H,24,29). The maximum absolute atomic E-state index is 12.2. The lowest BCUT2D eigenvalue weighted by Crippen LogP contribution is -2.44. The van der Waals surface area contributed by atoms with Crippen LogP contribution in [0.25, 0.3) is 11.3 Å². The molecule has 1 saturated heterocycles. The van der Waals surface area contributed by atoms with Gasteiger partial charge in [0, 0.05) is 37.4 Å². The molecule has 1 aromatic heterocycles. The Morgan fingerprint density at radius 1 is 0.897 bits per heavy atom. The van der Waals surface area contributed by atoms with E-state index < -0.39 is 0 Å². The third-order valence-corrected chi connectivity index (χ3v) is 5.15. The minimum atomic E-state index is -0.0275. The maximum Gasteiger partial charge on any atom is 0.228 e. The van der Waals surface area contributed by atoms with Gasteiger partial charge in [-0.2, -0.15) is 0 Å². The van der Waals surface area contributed by atoms with Crippen LogP contribution in [0, 0.1) is 0 Å². The highest BCUT2D eigenvalue weighted by molar-refractivity contribution is 5.92. The number of piperazine rings is 1. The van der Waals surface area contributed by atoms with Crippen molar-refractivity contribution in [2.45, 2.75) is 6.42 Å². The minimum Gasteiger partial charge on any atom is -0.353 e. The smallest absolute Gasteiger partial charge is 0.228 e. The zero-order valence-electron chi connectivity index (χ0n) is 16.6. The molecule has 29 heavy (non-hydrogen) atoms. The van der Waals surface area contributed by atoms with E-state index in [-0.39, 0.29) is 5.91 Å². The van der Waals surface area contributed by atoms with Crippen LogP contribution in [0.3, 0.4) is 0 Å². The molecule has 0 aliphatic carbocycles. The summed E-state index contributed by atoms with van der Waals surface area (Å²) in [5.41, 5.74) is 3.57. The summed E-state index contributed by atoms with van der Waals surface area (Å²) >= 11 is 0. The van der Waals surface area contributed by atoms with E-state index in [0.29, 0.717) is 6.42 Å². The highest BCUT2D eigenvalue weighted by atomic mass is 16.1. The largest absolute Gasteiger partial charge is 0.353 e. The lowest BCUT2D eigenvalue weighted by Gasteiger charge is -2.32. The Labute approximate surface area is 171 Å². The molecule has 0 atom stereocenters. The number of carbonyl (C=O) groups is 1. The number of nitrogens with zero attached hydrogens (tertiary/aromatic N) is 4. The number of hydrogen-bond acceptors (Lipinski definition) is 5. The van der Waals surface area contributed by atoms with Crippen molar-refractivity contribution in [3.8, 4) is 11.3 Å². The van der Waals surface area contributed by atoms with Gasteiger partial charge in [0.1, 0.15) is 0 Å². The number of nitrogens with one attached hydrogen (secondary N) is 1. The minimum absolute atomic E-state index is 0.0275. The van der Waals surface area contributed by atoms with Crippen molar-refractivity contribution >= 4 is 17.4 Å². The second-order valence-electron chi connectivity index (χ2n) is 7.35. The predicted molar refractivity (Wildman–Crippen MR) is 116 cm³/mol. The zero-order chi connectivity index (χ0) is 20.1. The second kappa shape index (κ2) is 8.84. The third kappa shape index (κ3) is 4.97. The molecule has 1 aliphatic heterocycles. The molecule has 0 bridgehead atoms. The molecule has 1 fully saturated rings. The van der Waals surface area contributed by atoms with Gasteiger partial charge in [0.25, 0.3) is 0 Å². The maximum atomic E-state index is 12.2. The molecule has 2 heterocycles. The lowest BCUT2D eigenvalue weighted by atomic mass is 10.1. The number of likely N-dealkylation sites (N-methyl/N-ethyl adjacent to an activating group) is 1. The number of carbonyl (C=O) groups excluding carboxylic acids is 1. The van der Waals surface area contributed by atoms with Crippen LogP contribution in [0.2, 0.25) is 0 Å². The predicted octanol–water partition coefficient (Wildman–Crippen LogP) is 3.08. The molecular weight excluding hydrogens is 362 g/mol. The average Bonchev–Trinajstić information content (AvgIpc) is 2.76. The Balaban J connectivity index is 1.37. The molecule has 3 aromatic rings. The number of benzene rings is 2. The summed E-state index contributed by atoms with van der Waals surface area (Å²) in [5, 5.41) is 11.7. The molecule has 0 unspecified atom stereocenters. The van der Waals surface area contributed by atoms with Crippen LogP contribution in [0.1, 0.15) is 5.56 Å². The van der Waals surface area contributed by atoms with Gasteiger partial charge in [-0.3, -0.25) is 4.79 Å². The van der Waals surface area contributed by atoms with Crippen LogP contribution in [0.5, 0.6) is 0 Å². The molecule has 1 N–H and O–H groups in total. The van der Waals surface area contributed by atoms with Gasteiger partial charge in [-0.05, 0) is 36.9 Å².